The lowest BCUT2D eigenvalue weighted by molar-refractivity contribution is -0.120. The van der Waals surface area contributed by atoms with E-state index in [0.717, 1.165) is 37.9 Å². The standard InChI is InChI=1S/C21H28N2O5/c1-20(2,3)28-19(25)23-12-6-7-15(23)18(24)22-14-8-9-16-17(13-14)27-21(26-16)10-4-5-11-21/h8-9,13,15H,4-7,10-12H2,1-3H3,(H,22,24). The first-order valence-electron chi connectivity index (χ1n) is 10.1. The quantitative estimate of drug-likeness (QED) is 0.826. The zero-order chi connectivity index (χ0) is 19.9. The Kier molecular flexibility index (Phi) is 4.63. The summed E-state index contributed by atoms with van der Waals surface area (Å²) in [7, 11) is 0. The zero-order valence-corrected chi connectivity index (χ0v) is 16.7. The van der Waals surface area contributed by atoms with Crippen molar-refractivity contribution < 1.29 is 23.8 Å². The third kappa shape index (κ3) is 3.75. The molecule has 1 saturated carbocycles. The van der Waals surface area contributed by atoms with E-state index in [1.807, 2.05) is 26.8 Å². The molecule has 0 aromatic heterocycles. The number of carbonyl (C=O) groups excluding carboxylic acids is 2. The van der Waals surface area contributed by atoms with Crippen molar-refractivity contribution in [3.63, 3.8) is 0 Å². The normalized spacial score (nSPS) is 22.5. The number of carbonyl (C=O) groups is 2. The minimum absolute atomic E-state index is 0.210. The molecule has 3 aliphatic rings. The van der Waals surface area contributed by atoms with Crippen molar-refractivity contribution in [2.45, 2.75) is 76.7 Å². The summed E-state index contributed by atoms with van der Waals surface area (Å²) >= 11 is 0. The van der Waals surface area contributed by atoms with E-state index in [2.05, 4.69) is 5.32 Å². The molecule has 2 heterocycles. The minimum Gasteiger partial charge on any atom is -0.448 e. The number of nitrogens with zero attached hydrogens (tertiary/aromatic N) is 1. The smallest absolute Gasteiger partial charge is 0.410 e. The van der Waals surface area contributed by atoms with Gasteiger partial charge in [0.05, 0.1) is 0 Å². The summed E-state index contributed by atoms with van der Waals surface area (Å²) in [5.74, 6) is 0.647. The number of hydrogen-bond donors (Lipinski definition) is 1. The van der Waals surface area contributed by atoms with E-state index in [4.69, 9.17) is 14.2 Å². The van der Waals surface area contributed by atoms with Crippen LogP contribution in [0.1, 0.15) is 59.3 Å². The molecule has 2 aliphatic heterocycles. The fourth-order valence-corrected chi connectivity index (χ4v) is 4.09. The van der Waals surface area contributed by atoms with Gasteiger partial charge in [-0.3, -0.25) is 9.69 Å². The van der Waals surface area contributed by atoms with Gasteiger partial charge in [0.1, 0.15) is 11.6 Å². The largest absolute Gasteiger partial charge is 0.448 e. The van der Waals surface area contributed by atoms with Crippen molar-refractivity contribution in [3.05, 3.63) is 18.2 Å². The van der Waals surface area contributed by atoms with Crippen LogP contribution in [0.4, 0.5) is 10.5 Å². The number of anilines is 1. The van der Waals surface area contributed by atoms with E-state index in [1.165, 1.54) is 4.90 Å². The number of nitrogens with one attached hydrogen (secondary N) is 1. The van der Waals surface area contributed by atoms with Crippen LogP contribution in [0.15, 0.2) is 18.2 Å². The van der Waals surface area contributed by atoms with Gasteiger partial charge in [-0.15, -0.1) is 0 Å². The summed E-state index contributed by atoms with van der Waals surface area (Å²) in [5.41, 5.74) is 0.0484. The SMILES string of the molecule is CC(C)(C)OC(=O)N1CCCC1C(=O)Nc1ccc2c(c1)OC1(CCCC1)O2. The van der Waals surface area contributed by atoms with Gasteiger partial charge in [-0.1, -0.05) is 0 Å². The van der Waals surface area contributed by atoms with E-state index in [-0.39, 0.29) is 5.91 Å². The molecule has 2 fully saturated rings. The molecule has 1 saturated heterocycles. The molecule has 0 bridgehead atoms. The van der Waals surface area contributed by atoms with Gasteiger partial charge in [-0.2, -0.15) is 0 Å². The molecule has 28 heavy (non-hydrogen) atoms. The maximum Gasteiger partial charge on any atom is 0.410 e. The number of fused-ring (bicyclic) bond motifs is 1. The molecule has 1 aromatic carbocycles. The first-order chi connectivity index (χ1) is 13.2. The summed E-state index contributed by atoms with van der Waals surface area (Å²) in [5, 5.41) is 2.92. The Morgan fingerprint density at radius 2 is 1.86 bits per heavy atom. The zero-order valence-electron chi connectivity index (χ0n) is 16.7. The number of ether oxygens (including phenoxy) is 3. The van der Waals surface area contributed by atoms with Gasteiger partial charge in [0.2, 0.25) is 5.91 Å². The number of likely N-dealkylation sites (tertiary alicyclic amines) is 1. The average Bonchev–Trinajstić information content (AvgIpc) is 3.32. The van der Waals surface area contributed by atoms with Gasteiger partial charge in [0, 0.05) is 31.1 Å². The average molecular weight is 388 g/mol. The van der Waals surface area contributed by atoms with E-state index in [0.29, 0.717) is 24.4 Å². The molecule has 7 heteroatoms. The second-order valence-electron chi connectivity index (χ2n) is 8.80. The third-order valence-electron chi connectivity index (χ3n) is 5.35. The van der Waals surface area contributed by atoms with Crippen molar-refractivity contribution in [2.75, 3.05) is 11.9 Å². The molecule has 1 N–H and O–H groups in total. The van der Waals surface area contributed by atoms with E-state index in [9.17, 15) is 9.59 Å². The van der Waals surface area contributed by atoms with Gasteiger partial charge < -0.3 is 19.5 Å². The van der Waals surface area contributed by atoms with Gasteiger partial charge in [-0.05, 0) is 58.6 Å². The number of benzene rings is 1. The fourth-order valence-electron chi connectivity index (χ4n) is 4.09. The lowest BCUT2D eigenvalue weighted by Gasteiger charge is -2.28. The molecule has 1 aliphatic carbocycles. The van der Waals surface area contributed by atoms with Crippen molar-refractivity contribution in [3.8, 4) is 11.5 Å². The fraction of sp³-hybridized carbons (Fsp3) is 0.619. The molecule has 2 amide bonds. The Balaban J connectivity index is 1.42. The monoisotopic (exact) mass is 388 g/mol. The minimum atomic E-state index is -0.589. The number of hydrogen-bond acceptors (Lipinski definition) is 5. The molecule has 1 unspecified atom stereocenters. The maximum atomic E-state index is 12.8. The molecule has 1 aromatic rings. The van der Waals surface area contributed by atoms with Crippen LogP contribution in [0.25, 0.3) is 0 Å². The summed E-state index contributed by atoms with van der Waals surface area (Å²) in [6, 6.07) is 4.91. The Morgan fingerprint density at radius 1 is 1.14 bits per heavy atom. The van der Waals surface area contributed by atoms with Crippen molar-refractivity contribution in [1.29, 1.82) is 0 Å². The summed E-state index contributed by atoms with van der Waals surface area (Å²) in [4.78, 5) is 26.7. The molecular formula is C21H28N2O5. The third-order valence-corrected chi connectivity index (χ3v) is 5.35. The van der Waals surface area contributed by atoms with Gasteiger partial charge in [0.25, 0.3) is 5.79 Å². The van der Waals surface area contributed by atoms with Crippen LogP contribution >= 0.6 is 0 Å². The lowest BCUT2D eigenvalue weighted by atomic mass is 10.2. The van der Waals surface area contributed by atoms with E-state index >= 15 is 0 Å². The van der Waals surface area contributed by atoms with E-state index in [1.54, 1.807) is 12.1 Å². The Morgan fingerprint density at radius 3 is 2.57 bits per heavy atom. The highest BCUT2D eigenvalue weighted by Gasteiger charge is 2.44. The second kappa shape index (κ2) is 6.87. The van der Waals surface area contributed by atoms with Crippen molar-refractivity contribution >= 4 is 17.7 Å². The summed E-state index contributed by atoms with van der Waals surface area (Å²) in [6.07, 6.45) is 4.92. The van der Waals surface area contributed by atoms with Crippen molar-refractivity contribution in [2.24, 2.45) is 0 Å². The second-order valence-corrected chi connectivity index (χ2v) is 8.80. The first kappa shape index (κ1) is 18.9. The molecular weight excluding hydrogens is 360 g/mol. The van der Waals surface area contributed by atoms with Crippen LogP contribution in [0.2, 0.25) is 0 Å². The van der Waals surface area contributed by atoms with Gasteiger partial charge >= 0.3 is 6.09 Å². The highest BCUT2D eigenvalue weighted by Crippen LogP contribution is 2.47. The number of amides is 2. The van der Waals surface area contributed by atoms with Crippen LogP contribution in [-0.4, -0.2) is 40.9 Å². The van der Waals surface area contributed by atoms with Gasteiger partial charge in [0.15, 0.2) is 11.5 Å². The molecule has 1 atom stereocenters. The highest BCUT2D eigenvalue weighted by atomic mass is 16.7. The van der Waals surface area contributed by atoms with Crippen LogP contribution in [0, 0.1) is 0 Å². The lowest BCUT2D eigenvalue weighted by Crippen LogP contribution is -2.45. The van der Waals surface area contributed by atoms with Crippen LogP contribution in [0.3, 0.4) is 0 Å². The van der Waals surface area contributed by atoms with E-state index < -0.39 is 23.5 Å². The Bertz CT molecular complexity index is 779. The first-order valence-corrected chi connectivity index (χ1v) is 10.1. The molecule has 152 valence electrons. The predicted octanol–water partition coefficient (Wildman–Crippen LogP) is 4.07. The maximum absolute atomic E-state index is 12.8. The molecule has 0 radical (unpaired) electrons. The Hall–Kier alpha value is -2.44. The predicted molar refractivity (Wildman–Crippen MR) is 103 cm³/mol. The molecule has 7 nitrogen and oxygen atoms in total. The summed E-state index contributed by atoms with van der Waals surface area (Å²) in [6.45, 7) is 5.98. The summed E-state index contributed by atoms with van der Waals surface area (Å²) < 4.78 is 17.5. The number of rotatable bonds is 2. The van der Waals surface area contributed by atoms with Crippen molar-refractivity contribution in [1.82, 2.24) is 4.90 Å². The Labute approximate surface area is 165 Å². The van der Waals surface area contributed by atoms with Crippen LogP contribution in [-0.2, 0) is 9.53 Å². The topological polar surface area (TPSA) is 77.1 Å². The van der Waals surface area contributed by atoms with Crippen LogP contribution < -0.4 is 14.8 Å². The van der Waals surface area contributed by atoms with Crippen LogP contribution in [0.5, 0.6) is 11.5 Å². The molecule has 4 rings (SSSR count). The molecule has 1 spiro atoms. The highest BCUT2D eigenvalue weighted by molar-refractivity contribution is 5.97. The van der Waals surface area contributed by atoms with Gasteiger partial charge in [-0.25, -0.2) is 4.79 Å².